The second-order valence-electron chi connectivity index (χ2n) is 26.7. The minimum atomic E-state index is 0.811. The predicted molar refractivity (Wildman–Crippen MR) is 419 cm³/mol. The fourth-order valence-electron chi connectivity index (χ4n) is 17.2. The van der Waals surface area contributed by atoms with Gasteiger partial charge in [-0.1, -0.05) is 285 Å². The van der Waals surface area contributed by atoms with E-state index in [1.807, 2.05) is 12.1 Å². The lowest BCUT2D eigenvalue weighted by Gasteiger charge is -2.21. The highest BCUT2D eigenvalue weighted by atomic mass is 16.3. The Kier molecular flexibility index (Phi) is 11.6. The van der Waals surface area contributed by atoms with E-state index in [1.165, 1.54) is 71.3 Å². The normalized spacial score (nSPS) is 12.2. The maximum Gasteiger partial charge on any atom is 0.147 e. The van der Waals surface area contributed by atoms with Gasteiger partial charge in [0.25, 0.3) is 0 Å². The number of hydrogen-bond donors (Lipinski definition) is 0. The molecule has 0 radical (unpaired) electrons. The Balaban J connectivity index is 0.679. The fraction of sp³-hybridized carbons (Fsp3) is 0. The Bertz CT molecular complexity index is 7060. The van der Waals surface area contributed by atoms with Gasteiger partial charge in [0, 0.05) is 59.8 Å². The largest absolute Gasteiger partial charge is 0.456 e. The molecule has 100 heavy (non-hydrogen) atoms. The standard InChI is InChI=1S/C96H54O4/c1-2-23-58(24-3-1)86-61-25-5-4-22-56(61)46-48-76(86)88-66-30-8-10-32-68(66)89(69-33-11-9-31-67(69)88)80-54-85-91(92-75-38-18-21-41-83(75)100-96(80)92)79-52-59(47-51-84(79)97-85)55-42-44-57(45-43-55)60-49-50-74(63-27-7-6-26-62(60)63)87-70-34-12-14-36-72(70)90(73-37-15-13-35-71(73)87)93-94-77(64-28-16-19-39-81(64)98-94)53-78-65-29-17-20-40-82(65)99-95(78)93/h1-54H. The van der Waals surface area contributed by atoms with E-state index in [-0.39, 0.29) is 0 Å². The molecule has 0 unspecified atom stereocenters. The molecule has 0 aliphatic rings. The van der Waals surface area contributed by atoms with Crippen LogP contribution in [0.4, 0.5) is 0 Å². The van der Waals surface area contributed by atoms with E-state index >= 15 is 0 Å². The predicted octanol–water partition coefficient (Wildman–Crippen LogP) is 27.9. The maximum atomic E-state index is 7.19. The van der Waals surface area contributed by atoms with Crippen LogP contribution < -0.4 is 0 Å². The number of benzene rings is 18. The molecule has 4 aromatic heterocycles. The first-order valence-corrected chi connectivity index (χ1v) is 34.3. The summed E-state index contributed by atoms with van der Waals surface area (Å²) in [6, 6.07) is 119. The molecule has 0 amide bonds. The number of fused-ring (bicyclic) bond motifs is 19. The summed E-state index contributed by atoms with van der Waals surface area (Å²) in [6.45, 7) is 0. The van der Waals surface area contributed by atoms with Gasteiger partial charge in [0.2, 0.25) is 0 Å². The van der Waals surface area contributed by atoms with Gasteiger partial charge in [0.15, 0.2) is 0 Å². The first-order chi connectivity index (χ1) is 49.6. The smallest absolute Gasteiger partial charge is 0.147 e. The van der Waals surface area contributed by atoms with E-state index in [9.17, 15) is 0 Å². The molecule has 0 aliphatic heterocycles. The van der Waals surface area contributed by atoms with Crippen molar-refractivity contribution in [3.05, 3.63) is 328 Å². The molecule has 0 saturated heterocycles. The molecular weight excluding hydrogens is 1220 g/mol. The van der Waals surface area contributed by atoms with Crippen molar-refractivity contribution >= 4 is 152 Å². The molecule has 0 atom stereocenters. The van der Waals surface area contributed by atoms with E-state index in [0.29, 0.717) is 0 Å². The topological polar surface area (TPSA) is 52.6 Å². The summed E-state index contributed by atoms with van der Waals surface area (Å²) in [6.07, 6.45) is 0. The van der Waals surface area contributed by atoms with E-state index in [1.54, 1.807) is 0 Å². The van der Waals surface area contributed by atoms with Crippen LogP contribution in [-0.2, 0) is 0 Å². The Morgan fingerprint density at radius 2 is 0.560 bits per heavy atom. The SMILES string of the molecule is c1ccc(-c2c(-c3c4ccccc4c(-c4cc5oc6ccc(-c7ccc(-c8ccc(-c9c%10ccccc%10c(-c%10c%11oc%12ccccc%12c%11cc%11c%10oc%10ccccc%10%11)c%10ccccc9%10)c9ccccc89)cc7)cc6c5c5c4oc4ccccc45)c4ccccc34)ccc3ccccc23)cc1. The summed E-state index contributed by atoms with van der Waals surface area (Å²) >= 11 is 0. The van der Waals surface area contributed by atoms with Crippen molar-refractivity contribution in [1.82, 2.24) is 0 Å². The quantitative estimate of drug-likeness (QED) is 0.149. The summed E-state index contributed by atoms with van der Waals surface area (Å²) in [5.41, 5.74) is 22.5. The molecule has 0 saturated carbocycles. The van der Waals surface area contributed by atoms with Crippen molar-refractivity contribution in [3.63, 3.8) is 0 Å². The van der Waals surface area contributed by atoms with Crippen molar-refractivity contribution < 1.29 is 17.7 Å². The monoisotopic (exact) mass is 1270 g/mol. The summed E-state index contributed by atoms with van der Waals surface area (Å²) < 4.78 is 28.2. The molecule has 0 N–H and O–H groups in total. The van der Waals surface area contributed by atoms with Crippen LogP contribution in [0.5, 0.6) is 0 Å². The second kappa shape index (κ2) is 21.1. The Morgan fingerprint density at radius 1 is 0.150 bits per heavy atom. The van der Waals surface area contributed by atoms with E-state index in [4.69, 9.17) is 17.7 Å². The molecule has 0 aliphatic carbocycles. The van der Waals surface area contributed by atoms with Gasteiger partial charge >= 0.3 is 0 Å². The van der Waals surface area contributed by atoms with Crippen LogP contribution in [0.1, 0.15) is 0 Å². The van der Waals surface area contributed by atoms with Crippen LogP contribution in [0.25, 0.3) is 230 Å². The van der Waals surface area contributed by atoms with Gasteiger partial charge in [-0.15, -0.1) is 0 Å². The van der Waals surface area contributed by atoms with Gasteiger partial charge in [0.05, 0.1) is 5.56 Å². The van der Waals surface area contributed by atoms with Gasteiger partial charge < -0.3 is 17.7 Å². The molecule has 4 heteroatoms. The van der Waals surface area contributed by atoms with E-state index in [2.05, 4.69) is 315 Å². The lowest BCUT2D eigenvalue weighted by atomic mass is 9.82. The number of para-hydroxylation sites is 3. The molecule has 0 bridgehead atoms. The Hall–Kier alpha value is -13.3. The molecule has 462 valence electrons. The zero-order valence-corrected chi connectivity index (χ0v) is 53.8. The van der Waals surface area contributed by atoms with Crippen LogP contribution in [0.15, 0.2) is 345 Å². The van der Waals surface area contributed by atoms with Crippen molar-refractivity contribution in [3.8, 4) is 77.9 Å². The van der Waals surface area contributed by atoms with Crippen LogP contribution in [0, 0.1) is 0 Å². The zero-order chi connectivity index (χ0) is 65.3. The van der Waals surface area contributed by atoms with Crippen LogP contribution in [-0.4, -0.2) is 0 Å². The third-order valence-electron chi connectivity index (χ3n) is 21.5. The fourth-order valence-corrected chi connectivity index (χ4v) is 17.2. The summed E-state index contributed by atoms with van der Waals surface area (Å²) in [7, 11) is 0. The Labute approximate surface area is 572 Å². The van der Waals surface area contributed by atoms with Gasteiger partial charge in [-0.05, 0) is 163 Å². The summed E-state index contributed by atoms with van der Waals surface area (Å²) in [5, 5.41) is 22.5. The molecule has 22 aromatic rings. The minimum Gasteiger partial charge on any atom is -0.456 e. The number of hydrogen-bond acceptors (Lipinski definition) is 4. The minimum absolute atomic E-state index is 0.811. The lowest BCUT2D eigenvalue weighted by molar-refractivity contribution is 0.658. The van der Waals surface area contributed by atoms with Gasteiger partial charge in [0.1, 0.15) is 44.7 Å². The molecule has 4 nitrogen and oxygen atoms in total. The molecule has 4 heterocycles. The first-order valence-electron chi connectivity index (χ1n) is 34.3. The highest BCUT2D eigenvalue weighted by Crippen LogP contribution is 2.55. The lowest BCUT2D eigenvalue weighted by Crippen LogP contribution is -1.94. The summed E-state index contributed by atoms with van der Waals surface area (Å²) in [5.74, 6) is 0. The molecule has 0 spiro atoms. The van der Waals surface area contributed by atoms with Crippen molar-refractivity contribution in [1.29, 1.82) is 0 Å². The molecule has 18 aromatic carbocycles. The van der Waals surface area contributed by atoms with Crippen LogP contribution >= 0.6 is 0 Å². The van der Waals surface area contributed by atoms with Gasteiger partial charge in [-0.3, -0.25) is 0 Å². The van der Waals surface area contributed by atoms with Gasteiger partial charge in [-0.2, -0.15) is 0 Å². The van der Waals surface area contributed by atoms with Crippen molar-refractivity contribution in [2.45, 2.75) is 0 Å². The van der Waals surface area contributed by atoms with Crippen LogP contribution in [0.2, 0.25) is 0 Å². The zero-order valence-electron chi connectivity index (χ0n) is 53.8. The average Bonchev–Trinajstić information content (AvgIpc) is 1.19. The number of furan rings is 4. The molecule has 0 fully saturated rings. The van der Waals surface area contributed by atoms with Crippen molar-refractivity contribution in [2.24, 2.45) is 0 Å². The highest BCUT2D eigenvalue weighted by molar-refractivity contribution is 6.34. The Morgan fingerprint density at radius 3 is 1.15 bits per heavy atom. The second-order valence-corrected chi connectivity index (χ2v) is 26.7. The van der Waals surface area contributed by atoms with E-state index < -0.39 is 0 Å². The maximum absolute atomic E-state index is 7.19. The third-order valence-corrected chi connectivity index (χ3v) is 21.5. The molecule has 22 rings (SSSR count). The van der Waals surface area contributed by atoms with Gasteiger partial charge in [-0.25, -0.2) is 0 Å². The average molecular weight is 1270 g/mol. The van der Waals surface area contributed by atoms with Crippen molar-refractivity contribution in [2.75, 3.05) is 0 Å². The van der Waals surface area contributed by atoms with Crippen LogP contribution in [0.3, 0.4) is 0 Å². The summed E-state index contributed by atoms with van der Waals surface area (Å²) in [4.78, 5) is 0. The molecular formula is C96H54O4. The number of rotatable bonds is 7. The third kappa shape index (κ3) is 7.87. The first kappa shape index (κ1) is 54.9. The van der Waals surface area contributed by atoms with E-state index in [0.717, 1.165) is 159 Å². The highest BCUT2D eigenvalue weighted by Gasteiger charge is 2.29.